The van der Waals surface area contributed by atoms with E-state index in [0.29, 0.717) is 44.7 Å². The van der Waals surface area contributed by atoms with Gasteiger partial charge in [0.2, 0.25) is 5.91 Å². The van der Waals surface area contributed by atoms with Gasteiger partial charge in [-0.05, 0) is 75.1 Å². The summed E-state index contributed by atoms with van der Waals surface area (Å²) in [6, 6.07) is 15.6. The fourth-order valence-corrected chi connectivity index (χ4v) is 6.96. The number of aromatic nitrogens is 1. The first-order valence-corrected chi connectivity index (χ1v) is 16.3. The number of carbonyl (C=O) groups is 3. The number of hydrogen-bond donors (Lipinski definition) is 0. The lowest BCUT2D eigenvalue weighted by atomic mass is 9.91. The van der Waals surface area contributed by atoms with Crippen LogP contribution in [0, 0.1) is 5.82 Å². The SMILES string of the molecule is C[C@@H]1CN(CC(=O)N2CC(C)(C)c3ncc(Cc4ccc(F)cc4)cc32)[C@@H](CN2Cc3ccccc3C2=O)CN1C(=O)OC(C)(C)C. The molecule has 3 amide bonds. The summed E-state index contributed by atoms with van der Waals surface area (Å²) in [6.07, 6.45) is 2.02. The van der Waals surface area contributed by atoms with E-state index in [1.54, 1.807) is 17.0 Å². The van der Waals surface area contributed by atoms with Gasteiger partial charge in [-0.2, -0.15) is 0 Å². The lowest BCUT2D eigenvalue weighted by Crippen LogP contribution is -2.63. The van der Waals surface area contributed by atoms with Gasteiger partial charge in [-0.3, -0.25) is 19.5 Å². The Morgan fingerprint density at radius 2 is 1.77 bits per heavy atom. The van der Waals surface area contributed by atoms with Crippen LogP contribution >= 0.6 is 0 Å². The van der Waals surface area contributed by atoms with E-state index in [1.165, 1.54) is 12.1 Å². The second-order valence-corrected chi connectivity index (χ2v) is 14.8. The van der Waals surface area contributed by atoms with Crippen LogP contribution in [-0.2, 0) is 27.9 Å². The lowest BCUT2D eigenvalue weighted by molar-refractivity contribution is -0.121. The minimum Gasteiger partial charge on any atom is -0.444 e. The zero-order valence-electron chi connectivity index (χ0n) is 28.1. The fraction of sp³-hybridized carbons (Fsp3) is 0.459. The Bertz CT molecular complexity index is 1680. The Kier molecular flexibility index (Phi) is 8.59. The first-order chi connectivity index (χ1) is 22.2. The summed E-state index contributed by atoms with van der Waals surface area (Å²) in [5, 5.41) is 0. The number of amides is 3. The van der Waals surface area contributed by atoms with Crippen LogP contribution in [-0.4, -0.2) is 88.0 Å². The van der Waals surface area contributed by atoms with E-state index >= 15 is 0 Å². The van der Waals surface area contributed by atoms with Crippen LogP contribution in [0.25, 0.3) is 0 Å². The van der Waals surface area contributed by atoms with Crippen LogP contribution < -0.4 is 4.90 Å². The van der Waals surface area contributed by atoms with Crippen molar-refractivity contribution < 1.29 is 23.5 Å². The van der Waals surface area contributed by atoms with Crippen molar-refractivity contribution in [3.63, 3.8) is 0 Å². The smallest absolute Gasteiger partial charge is 0.410 e. The molecular weight excluding hydrogens is 597 g/mol. The Hall–Kier alpha value is -4.31. The van der Waals surface area contributed by atoms with Crippen molar-refractivity contribution in [2.75, 3.05) is 37.6 Å². The van der Waals surface area contributed by atoms with Crippen molar-refractivity contribution >= 4 is 23.6 Å². The van der Waals surface area contributed by atoms with Gasteiger partial charge in [-0.1, -0.05) is 44.2 Å². The van der Waals surface area contributed by atoms with Gasteiger partial charge in [-0.25, -0.2) is 9.18 Å². The molecule has 0 bridgehead atoms. The monoisotopic (exact) mass is 641 g/mol. The van der Waals surface area contributed by atoms with Crippen LogP contribution in [0.4, 0.5) is 14.9 Å². The molecule has 10 heteroatoms. The van der Waals surface area contributed by atoms with E-state index < -0.39 is 11.7 Å². The highest BCUT2D eigenvalue weighted by molar-refractivity contribution is 5.98. The molecule has 3 aliphatic heterocycles. The fourth-order valence-electron chi connectivity index (χ4n) is 6.96. The summed E-state index contributed by atoms with van der Waals surface area (Å²) in [7, 11) is 0. The first-order valence-electron chi connectivity index (χ1n) is 16.3. The first kappa shape index (κ1) is 32.6. The largest absolute Gasteiger partial charge is 0.444 e. The number of nitrogens with zero attached hydrogens (tertiary/aromatic N) is 5. The molecular formula is C37H44FN5O4. The Labute approximate surface area is 276 Å². The minimum absolute atomic E-state index is 0.0377. The maximum atomic E-state index is 14.2. The molecule has 9 nitrogen and oxygen atoms in total. The number of anilines is 1. The predicted molar refractivity (Wildman–Crippen MR) is 178 cm³/mol. The Morgan fingerprint density at radius 3 is 2.47 bits per heavy atom. The predicted octanol–water partition coefficient (Wildman–Crippen LogP) is 5.40. The molecule has 2 atom stereocenters. The molecule has 47 heavy (non-hydrogen) atoms. The molecule has 1 aromatic heterocycles. The number of rotatable bonds is 6. The van der Waals surface area contributed by atoms with Crippen molar-refractivity contribution in [3.05, 3.63) is 94.6 Å². The lowest BCUT2D eigenvalue weighted by Gasteiger charge is -2.46. The van der Waals surface area contributed by atoms with Gasteiger partial charge in [0.25, 0.3) is 5.91 Å². The summed E-state index contributed by atoms with van der Waals surface area (Å²) < 4.78 is 19.2. The standard InChI is InChI=1S/C37H44FN5O4/c1-24-18-40(29(21-42(24)35(46)47-36(2,3)4)20-41-19-27-9-7-8-10-30(27)34(41)45)22-32(44)43-23-37(5,6)33-31(43)16-26(17-39-33)15-25-11-13-28(38)14-12-25/h7-14,16-17,24,29H,15,18-23H2,1-6H3/t24-,29+/m1/s1. The van der Waals surface area contributed by atoms with Crippen LogP contribution in [0.2, 0.25) is 0 Å². The van der Waals surface area contributed by atoms with Crippen LogP contribution in [0.3, 0.4) is 0 Å². The molecule has 0 unspecified atom stereocenters. The van der Waals surface area contributed by atoms with Crippen LogP contribution in [0.1, 0.15) is 74.3 Å². The molecule has 2 aromatic carbocycles. The maximum Gasteiger partial charge on any atom is 0.410 e. The van der Waals surface area contributed by atoms with Crippen molar-refractivity contribution in [1.82, 2.24) is 19.7 Å². The zero-order valence-corrected chi connectivity index (χ0v) is 28.1. The molecule has 0 radical (unpaired) electrons. The van der Waals surface area contributed by atoms with E-state index in [-0.39, 0.29) is 41.7 Å². The van der Waals surface area contributed by atoms with Gasteiger partial charge >= 0.3 is 6.09 Å². The third-order valence-electron chi connectivity index (χ3n) is 9.28. The number of ether oxygens (including phenoxy) is 1. The second-order valence-electron chi connectivity index (χ2n) is 14.8. The van der Waals surface area contributed by atoms with Gasteiger partial charge in [0.15, 0.2) is 0 Å². The molecule has 0 N–H and O–H groups in total. The number of benzene rings is 2. The van der Waals surface area contributed by atoms with E-state index in [0.717, 1.165) is 28.1 Å². The molecule has 248 valence electrons. The highest BCUT2D eigenvalue weighted by Gasteiger charge is 2.43. The highest BCUT2D eigenvalue weighted by atomic mass is 19.1. The molecule has 1 fully saturated rings. The Morgan fingerprint density at radius 1 is 1.04 bits per heavy atom. The van der Waals surface area contributed by atoms with E-state index in [1.807, 2.05) is 74.0 Å². The molecule has 0 saturated carbocycles. The number of halogens is 1. The van der Waals surface area contributed by atoms with E-state index in [4.69, 9.17) is 9.72 Å². The summed E-state index contributed by atoms with van der Waals surface area (Å²) in [5.74, 6) is -0.377. The zero-order chi connectivity index (χ0) is 33.7. The average Bonchev–Trinajstić information content (AvgIpc) is 3.46. The second kappa shape index (κ2) is 12.4. The molecule has 6 rings (SSSR count). The number of piperazine rings is 1. The van der Waals surface area contributed by atoms with Gasteiger partial charge in [0.1, 0.15) is 11.4 Å². The molecule has 1 saturated heterocycles. The van der Waals surface area contributed by atoms with E-state index in [2.05, 4.69) is 18.7 Å². The van der Waals surface area contributed by atoms with Crippen molar-refractivity contribution in [2.45, 2.75) is 77.6 Å². The van der Waals surface area contributed by atoms with Gasteiger partial charge in [-0.15, -0.1) is 0 Å². The molecule has 4 heterocycles. The van der Waals surface area contributed by atoms with Crippen LogP contribution in [0.5, 0.6) is 0 Å². The summed E-state index contributed by atoms with van der Waals surface area (Å²) in [6.45, 7) is 14.0. The third kappa shape index (κ3) is 6.88. The van der Waals surface area contributed by atoms with Gasteiger partial charge in [0.05, 0.1) is 17.9 Å². The van der Waals surface area contributed by atoms with Gasteiger partial charge < -0.3 is 19.4 Å². The molecule has 0 aliphatic carbocycles. The average molecular weight is 642 g/mol. The minimum atomic E-state index is -0.647. The van der Waals surface area contributed by atoms with Crippen molar-refractivity contribution in [1.29, 1.82) is 0 Å². The number of pyridine rings is 1. The number of fused-ring (bicyclic) bond motifs is 2. The molecule has 0 spiro atoms. The maximum absolute atomic E-state index is 14.2. The molecule has 3 aromatic rings. The normalized spacial score (nSPS) is 20.7. The van der Waals surface area contributed by atoms with Crippen molar-refractivity contribution in [3.8, 4) is 0 Å². The number of carbonyl (C=O) groups excluding carboxylic acids is 3. The number of hydrogen-bond acceptors (Lipinski definition) is 6. The third-order valence-corrected chi connectivity index (χ3v) is 9.28. The Balaban J connectivity index is 1.24. The summed E-state index contributed by atoms with van der Waals surface area (Å²) in [5.41, 5.74) is 4.25. The summed E-state index contributed by atoms with van der Waals surface area (Å²) in [4.78, 5) is 53.2. The quantitative estimate of drug-likeness (QED) is 0.358. The topological polar surface area (TPSA) is 86.3 Å². The van der Waals surface area contributed by atoms with Crippen LogP contribution in [0.15, 0.2) is 60.8 Å². The van der Waals surface area contributed by atoms with Crippen molar-refractivity contribution in [2.24, 2.45) is 0 Å². The summed E-state index contributed by atoms with van der Waals surface area (Å²) >= 11 is 0. The highest BCUT2D eigenvalue weighted by Crippen LogP contribution is 2.40. The van der Waals surface area contributed by atoms with E-state index in [9.17, 15) is 18.8 Å². The van der Waals surface area contributed by atoms with Gasteiger partial charge in [0, 0.05) is 62.0 Å². The molecule has 3 aliphatic rings.